The monoisotopic (exact) mass is 374 g/mol. The number of anilines is 1. The van der Waals surface area contributed by atoms with Crippen molar-refractivity contribution < 1.29 is 9.47 Å². The van der Waals surface area contributed by atoms with Crippen LogP contribution >= 0.6 is 23.8 Å². The van der Waals surface area contributed by atoms with Gasteiger partial charge < -0.3 is 14.8 Å². The number of rotatable bonds is 3. The Kier molecular flexibility index (Phi) is 4.01. The summed E-state index contributed by atoms with van der Waals surface area (Å²) in [6, 6.07) is 13.7. The maximum Gasteiger partial charge on any atom is 0.188 e. The molecule has 4 nitrogen and oxygen atoms in total. The van der Waals surface area contributed by atoms with Gasteiger partial charge in [0.05, 0.1) is 12.6 Å². The van der Waals surface area contributed by atoms with E-state index in [1.807, 2.05) is 48.2 Å². The van der Waals surface area contributed by atoms with E-state index in [2.05, 4.69) is 18.3 Å². The van der Waals surface area contributed by atoms with E-state index in [1.54, 1.807) is 0 Å². The highest BCUT2D eigenvalue weighted by Crippen LogP contribution is 2.49. The molecule has 1 fully saturated rings. The SMILES string of the molecule is CCOc1cccc2c1OC1(C)CC2NC(=S)N1c1ccc(Cl)cc1. The van der Waals surface area contributed by atoms with Gasteiger partial charge in [-0.3, -0.25) is 4.90 Å². The second-order valence-corrected chi connectivity index (χ2v) is 7.23. The third-order valence-electron chi connectivity index (χ3n) is 4.65. The Hall–Kier alpha value is -1.98. The largest absolute Gasteiger partial charge is 0.490 e. The molecular formula is C19H19ClN2O2S. The van der Waals surface area contributed by atoms with E-state index >= 15 is 0 Å². The topological polar surface area (TPSA) is 33.7 Å². The minimum Gasteiger partial charge on any atom is -0.490 e. The Morgan fingerprint density at radius 2 is 2.08 bits per heavy atom. The Morgan fingerprint density at radius 1 is 1.32 bits per heavy atom. The van der Waals surface area contributed by atoms with Gasteiger partial charge in [-0.05, 0) is 56.4 Å². The van der Waals surface area contributed by atoms with Crippen molar-refractivity contribution in [1.82, 2.24) is 5.32 Å². The summed E-state index contributed by atoms with van der Waals surface area (Å²) in [5.41, 5.74) is 1.43. The summed E-state index contributed by atoms with van der Waals surface area (Å²) in [6.45, 7) is 4.62. The first kappa shape index (κ1) is 16.5. The van der Waals surface area contributed by atoms with Crippen molar-refractivity contribution >= 4 is 34.6 Å². The van der Waals surface area contributed by atoms with E-state index < -0.39 is 5.72 Å². The van der Waals surface area contributed by atoms with Crippen LogP contribution in [0, 0.1) is 0 Å². The summed E-state index contributed by atoms with van der Waals surface area (Å²) in [7, 11) is 0. The smallest absolute Gasteiger partial charge is 0.188 e. The maximum atomic E-state index is 6.48. The molecule has 0 radical (unpaired) electrons. The summed E-state index contributed by atoms with van der Waals surface area (Å²) in [6.07, 6.45) is 0.776. The van der Waals surface area contributed by atoms with E-state index in [4.69, 9.17) is 33.3 Å². The van der Waals surface area contributed by atoms with Gasteiger partial charge in [-0.2, -0.15) is 0 Å². The molecule has 25 heavy (non-hydrogen) atoms. The second kappa shape index (κ2) is 6.07. The zero-order valence-corrected chi connectivity index (χ0v) is 15.7. The molecule has 2 aliphatic rings. The molecule has 2 unspecified atom stereocenters. The minimum atomic E-state index is -0.596. The molecule has 0 saturated carbocycles. The molecule has 2 heterocycles. The number of fused-ring (bicyclic) bond motifs is 4. The summed E-state index contributed by atoms with van der Waals surface area (Å²) in [4.78, 5) is 2.01. The maximum absolute atomic E-state index is 6.48. The molecular weight excluding hydrogens is 356 g/mol. The highest BCUT2D eigenvalue weighted by atomic mass is 35.5. The molecule has 1 N–H and O–H groups in total. The van der Waals surface area contributed by atoms with Crippen molar-refractivity contribution in [3.05, 3.63) is 53.1 Å². The molecule has 2 aromatic rings. The Morgan fingerprint density at radius 3 is 2.80 bits per heavy atom. The lowest BCUT2D eigenvalue weighted by molar-refractivity contribution is 0.0457. The number of ether oxygens (including phenoxy) is 2. The number of nitrogens with zero attached hydrogens (tertiary/aromatic N) is 1. The van der Waals surface area contributed by atoms with Crippen LogP contribution in [0.4, 0.5) is 5.69 Å². The van der Waals surface area contributed by atoms with Gasteiger partial charge in [-0.1, -0.05) is 23.7 Å². The average molecular weight is 375 g/mol. The van der Waals surface area contributed by atoms with Crippen LogP contribution in [0.3, 0.4) is 0 Å². The molecule has 130 valence electrons. The van der Waals surface area contributed by atoms with Gasteiger partial charge >= 0.3 is 0 Å². The number of thiocarbonyl (C=S) groups is 1. The number of hydrogen-bond donors (Lipinski definition) is 1. The van der Waals surface area contributed by atoms with Crippen LogP contribution in [-0.4, -0.2) is 17.4 Å². The van der Waals surface area contributed by atoms with Crippen molar-refractivity contribution in [3.8, 4) is 11.5 Å². The van der Waals surface area contributed by atoms with Crippen LogP contribution in [0.2, 0.25) is 5.02 Å². The Labute approximate surface area is 157 Å². The van der Waals surface area contributed by atoms with E-state index in [9.17, 15) is 0 Å². The molecule has 2 aromatic carbocycles. The van der Waals surface area contributed by atoms with Gasteiger partial charge in [0.25, 0.3) is 0 Å². The molecule has 0 amide bonds. The number of nitrogens with one attached hydrogen (secondary N) is 1. The second-order valence-electron chi connectivity index (χ2n) is 6.40. The van der Waals surface area contributed by atoms with Gasteiger partial charge in [0.2, 0.25) is 0 Å². The third-order valence-corrected chi connectivity index (χ3v) is 5.20. The summed E-state index contributed by atoms with van der Waals surface area (Å²) >= 11 is 11.7. The van der Waals surface area contributed by atoms with Crippen LogP contribution in [0.5, 0.6) is 11.5 Å². The molecule has 2 aliphatic heterocycles. The van der Waals surface area contributed by atoms with Gasteiger partial charge in [-0.15, -0.1) is 0 Å². The third kappa shape index (κ3) is 2.71. The van der Waals surface area contributed by atoms with Crippen LogP contribution in [0.25, 0.3) is 0 Å². The molecule has 6 heteroatoms. The zero-order valence-electron chi connectivity index (χ0n) is 14.1. The Balaban J connectivity index is 1.79. The zero-order chi connectivity index (χ0) is 17.6. The van der Waals surface area contributed by atoms with Crippen molar-refractivity contribution in [2.45, 2.75) is 32.0 Å². The van der Waals surface area contributed by atoms with E-state index in [0.29, 0.717) is 16.7 Å². The van der Waals surface area contributed by atoms with Crippen molar-refractivity contribution in [1.29, 1.82) is 0 Å². The number of hydrogen-bond acceptors (Lipinski definition) is 3. The molecule has 2 atom stereocenters. The molecule has 0 aliphatic carbocycles. The molecule has 0 spiro atoms. The predicted octanol–water partition coefficient (Wildman–Crippen LogP) is 4.67. The quantitative estimate of drug-likeness (QED) is 0.789. The van der Waals surface area contributed by atoms with E-state index in [0.717, 1.165) is 29.2 Å². The molecule has 4 rings (SSSR count). The standard InChI is InChI=1S/C19H19ClN2O2S/c1-3-23-16-6-4-5-14-15-11-19(2,24-17(14)16)22(18(25)21-15)13-9-7-12(20)8-10-13/h4-10,15H,3,11H2,1-2H3,(H,21,25). The lowest BCUT2D eigenvalue weighted by Crippen LogP contribution is -2.65. The van der Waals surface area contributed by atoms with Gasteiger partial charge in [0, 0.05) is 22.7 Å². The predicted molar refractivity (Wildman–Crippen MR) is 104 cm³/mol. The highest BCUT2D eigenvalue weighted by Gasteiger charge is 2.49. The first-order valence-corrected chi connectivity index (χ1v) is 9.11. The van der Waals surface area contributed by atoms with Crippen LogP contribution < -0.4 is 19.7 Å². The Bertz CT molecular complexity index is 827. The van der Waals surface area contributed by atoms with Crippen LogP contribution in [0.15, 0.2) is 42.5 Å². The first-order chi connectivity index (χ1) is 12.0. The fourth-order valence-electron chi connectivity index (χ4n) is 3.61. The van der Waals surface area contributed by atoms with Crippen LogP contribution in [0.1, 0.15) is 31.9 Å². The normalized spacial score (nSPS) is 24.2. The number of halogens is 1. The van der Waals surface area contributed by atoms with Crippen molar-refractivity contribution in [2.24, 2.45) is 0 Å². The van der Waals surface area contributed by atoms with E-state index in [1.165, 1.54) is 0 Å². The van der Waals surface area contributed by atoms with Crippen LogP contribution in [-0.2, 0) is 0 Å². The minimum absolute atomic E-state index is 0.102. The lowest BCUT2D eigenvalue weighted by Gasteiger charge is -2.52. The fourth-order valence-corrected chi connectivity index (χ4v) is 4.18. The van der Waals surface area contributed by atoms with Gasteiger partial charge in [0.1, 0.15) is 0 Å². The average Bonchev–Trinajstić information content (AvgIpc) is 2.57. The summed E-state index contributed by atoms with van der Waals surface area (Å²) < 4.78 is 12.3. The lowest BCUT2D eigenvalue weighted by atomic mass is 9.90. The molecule has 2 bridgehead atoms. The highest BCUT2D eigenvalue weighted by molar-refractivity contribution is 7.80. The first-order valence-electron chi connectivity index (χ1n) is 8.33. The summed E-state index contributed by atoms with van der Waals surface area (Å²) in [5.74, 6) is 1.55. The molecule has 1 saturated heterocycles. The fraction of sp³-hybridized carbons (Fsp3) is 0.316. The van der Waals surface area contributed by atoms with E-state index in [-0.39, 0.29) is 6.04 Å². The number of benzene rings is 2. The number of para-hydroxylation sites is 1. The summed E-state index contributed by atoms with van der Waals surface area (Å²) in [5, 5.41) is 4.79. The molecule has 0 aromatic heterocycles. The van der Waals surface area contributed by atoms with Gasteiger partial charge in [-0.25, -0.2) is 0 Å². The van der Waals surface area contributed by atoms with Gasteiger partial charge in [0.15, 0.2) is 22.3 Å². The van der Waals surface area contributed by atoms with Crippen molar-refractivity contribution in [2.75, 3.05) is 11.5 Å². The van der Waals surface area contributed by atoms with Crippen molar-refractivity contribution in [3.63, 3.8) is 0 Å².